The van der Waals surface area contributed by atoms with Crippen molar-refractivity contribution in [3.63, 3.8) is 0 Å². The van der Waals surface area contributed by atoms with Crippen molar-refractivity contribution in [2.24, 2.45) is 5.41 Å². The quantitative estimate of drug-likeness (QED) is 0.376. The summed E-state index contributed by atoms with van der Waals surface area (Å²) in [4.78, 5) is 11.6. The molecule has 0 aromatic carbocycles. The van der Waals surface area contributed by atoms with Crippen molar-refractivity contribution in [3.05, 3.63) is 12.7 Å². The van der Waals surface area contributed by atoms with Gasteiger partial charge in [0.25, 0.3) is 0 Å². The normalized spacial score (nSPS) is 14.6. The van der Waals surface area contributed by atoms with E-state index in [-0.39, 0.29) is 22.5 Å². The van der Waals surface area contributed by atoms with E-state index in [1.165, 1.54) is 6.08 Å². The van der Waals surface area contributed by atoms with E-state index in [4.69, 9.17) is 4.74 Å². The number of hydrogen-bond donors (Lipinski definition) is 0. The molecule has 0 aromatic heterocycles. The molecule has 0 spiro atoms. The number of quaternary nitrogens is 1. The van der Waals surface area contributed by atoms with Crippen molar-refractivity contribution in [1.82, 2.24) is 0 Å². The molecule has 0 atom stereocenters. The molecule has 0 radical (unpaired) electrons. The molecule has 0 amide bonds. The van der Waals surface area contributed by atoms with Gasteiger partial charge in [-0.3, -0.25) is 0 Å². The lowest BCUT2D eigenvalue weighted by Crippen LogP contribution is -2.68. The van der Waals surface area contributed by atoms with Gasteiger partial charge < -0.3 is 9.22 Å². The molecule has 0 aliphatic carbocycles. The highest BCUT2D eigenvalue weighted by atomic mass is 16.6. The first-order valence-electron chi connectivity index (χ1n) is 8.57. The van der Waals surface area contributed by atoms with Crippen LogP contribution < -0.4 is 0 Å². The highest BCUT2D eigenvalue weighted by Crippen LogP contribution is 2.42. The summed E-state index contributed by atoms with van der Waals surface area (Å²) in [5, 5.41) is 0. The fourth-order valence-electron chi connectivity index (χ4n) is 3.90. The Morgan fingerprint density at radius 1 is 0.913 bits per heavy atom. The standard InChI is InChI=1S/C20H40NO2/c1-13-16(22)23-20(9,10)15-19(7,8)21(11,12)18(5,6)14-17(2,3)4/h13H,1,14-15H2,2-12H3/q+1. The predicted molar refractivity (Wildman–Crippen MR) is 99.3 cm³/mol. The second kappa shape index (κ2) is 6.58. The second-order valence-electron chi connectivity index (χ2n) is 10.4. The fraction of sp³-hybridized carbons (Fsp3) is 0.850. The van der Waals surface area contributed by atoms with E-state index in [1.54, 1.807) is 0 Å². The second-order valence-corrected chi connectivity index (χ2v) is 10.4. The summed E-state index contributed by atoms with van der Waals surface area (Å²) < 4.78 is 6.42. The number of esters is 1. The molecule has 3 nitrogen and oxygen atoms in total. The van der Waals surface area contributed by atoms with Crippen LogP contribution in [-0.4, -0.2) is 41.2 Å². The van der Waals surface area contributed by atoms with E-state index >= 15 is 0 Å². The van der Waals surface area contributed by atoms with Crippen molar-refractivity contribution in [2.75, 3.05) is 14.1 Å². The third kappa shape index (κ3) is 5.95. The van der Waals surface area contributed by atoms with Crippen molar-refractivity contribution in [1.29, 1.82) is 0 Å². The Kier molecular flexibility index (Phi) is 6.35. The Hall–Kier alpha value is -0.830. The van der Waals surface area contributed by atoms with E-state index in [1.807, 2.05) is 13.8 Å². The zero-order valence-corrected chi connectivity index (χ0v) is 17.5. The molecule has 0 N–H and O–H groups in total. The molecule has 0 saturated carbocycles. The van der Waals surface area contributed by atoms with Gasteiger partial charge in [0.05, 0.1) is 25.2 Å². The van der Waals surface area contributed by atoms with Crippen LogP contribution in [0.3, 0.4) is 0 Å². The third-order valence-corrected chi connectivity index (χ3v) is 5.39. The number of ether oxygens (including phenoxy) is 1. The summed E-state index contributed by atoms with van der Waals surface area (Å²) in [7, 11) is 4.58. The molecule has 23 heavy (non-hydrogen) atoms. The topological polar surface area (TPSA) is 26.3 Å². The van der Waals surface area contributed by atoms with Crippen molar-refractivity contribution >= 4 is 5.97 Å². The van der Waals surface area contributed by atoms with Crippen LogP contribution in [0, 0.1) is 5.41 Å². The number of carbonyl (C=O) groups excluding carboxylic acids is 1. The summed E-state index contributed by atoms with van der Waals surface area (Å²) in [6.07, 6.45) is 3.13. The van der Waals surface area contributed by atoms with Crippen LogP contribution in [0.4, 0.5) is 0 Å². The van der Waals surface area contributed by atoms with Crippen LogP contribution >= 0.6 is 0 Å². The van der Waals surface area contributed by atoms with E-state index in [9.17, 15) is 4.79 Å². The maximum absolute atomic E-state index is 11.6. The van der Waals surface area contributed by atoms with Crippen LogP contribution in [0.1, 0.15) is 75.2 Å². The van der Waals surface area contributed by atoms with E-state index in [0.717, 1.165) is 17.3 Å². The van der Waals surface area contributed by atoms with Crippen LogP contribution in [0.25, 0.3) is 0 Å². The molecule has 0 aliphatic rings. The van der Waals surface area contributed by atoms with Gasteiger partial charge in [-0.2, -0.15) is 0 Å². The van der Waals surface area contributed by atoms with Crippen molar-refractivity contribution in [3.8, 4) is 0 Å². The molecule has 3 heteroatoms. The minimum absolute atomic E-state index is 0.0559. The van der Waals surface area contributed by atoms with Gasteiger partial charge in [-0.1, -0.05) is 27.4 Å². The Morgan fingerprint density at radius 2 is 1.30 bits per heavy atom. The SMILES string of the molecule is C=CC(=O)OC(C)(C)CC(C)(C)[N+](C)(C)C(C)(C)CC(C)(C)C. The van der Waals surface area contributed by atoms with Crippen LogP contribution in [-0.2, 0) is 9.53 Å². The first-order valence-corrected chi connectivity index (χ1v) is 8.57. The Bertz CT molecular complexity index is 437. The van der Waals surface area contributed by atoms with Gasteiger partial charge in [0.1, 0.15) is 5.60 Å². The molecule has 0 rings (SSSR count). The van der Waals surface area contributed by atoms with E-state index in [0.29, 0.717) is 0 Å². The summed E-state index contributed by atoms with van der Waals surface area (Å²) in [6, 6.07) is 0. The van der Waals surface area contributed by atoms with Gasteiger partial charge in [0.2, 0.25) is 0 Å². The van der Waals surface area contributed by atoms with Gasteiger partial charge in [0, 0.05) is 18.9 Å². The first kappa shape index (κ1) is 22.2. The molecule has 0 heterocycles. The smallest absolute Gasteiger partial charge is 0.330 e. The first-order chi connectivity index (χ1) is 9.87. The van der Waals surface area contributed by atoms with Crippen LogP contribution in [0.2, 0.25) is 0 Å². The largest absolute Gasteiger partial charge is 0.456 e. The summed E-state index contributed by atoms with van der Waals surface area (Å²) in [5.41, 5.74) is -0.220. The Labute approximate surface area is 144 Å². The third-order valence-electron chi connectivity index (χ3n) is 5.39. The molecule has 0 fully saturated rings. The van der Waals surface area contributed by atoms with Crippen LogP contribution in [0.5, 0.6) is 0 Å². The van der Waals surface area contributed by atoms with Gasteiger partial charge in [0.15, 0.2) is 0 Å². The molecule has 0 bridgehead atoms. The summed E-state index contributed by atoms with van der Waals surface area (Å²) in [5.74, 6) is -0.356. The van der Waals surface area contributed by atoms with Gasteiger partial charge in [-0.15, -0.1) is 0 Å². The zero-order chi connectivity index (χ0) is 18.9. The highest BCUT2D eigenvalue weighted by molar-refractivity contribution is 5.81. The minimum Gasteiger partial charge on any atom is -0.456 e. The predicted octanol–water partition coefficient (Wildman–Crippen LogP) is 4.95. The molecule has 0 aliphatic heterocycles. The molecule has 0 saturated heterocycles. The maximum Gasteiger partial charge on any atom is 0.330 e. The van der Waals surface area contributed by atoms with Crippen molar-refractivity contribution < 1.29 is 14.0 Å². The van der Waals surface area contributed by atoms with Crippen molar-refractivity contribution in [2.45, 2.75) is 91.8 Å². The molecular weight excluding hydrogens is 286 g/mol. The number of rotatable bonds is 7. The van der Waals surface area contributed by atoms with Gasteiger partial charge >= 0.3 is 5.97 Å². The minimum atomic E-state index is -0.526. The van der Waals surface area contributed by atoms with E-state index in [2.05, 4.69) is 69.1 Å². The fourth-order valence-corrected chi connectivity index (χ4v) is 3.90. The number of nitrogens with zero attached hydrogens (tertiary/aromatic N) is 1. The Morgan fingerprint density at radius 3 is 1.65 bits per heavy atom. The molecule has 0 unspecified atom stereocenters. The monoisotopic (exact) mass is 326 g/mol. The average Bonchev–Trinajstić information content (AvgIpc) is 2.22. The van der Waals surface area contributed by atoms with Gasteiger partial charge in [-0.25, -0.2) is 4.79 Å². The van der Waals surface area contributed by atoms with E-state index < -0.39 is 5.60 Å². The summed E-state index contributed by atoms with van der Waals surface area (Å²) >= 11 is 0. The lowest BCUT2D eigenvalue weighted by Gasteiger charge is -2.57. The van der Waals surface area contributed by atoms with Gasteiger partial charge in [-0.05, 0) is 47.0 Å². The van der Waals surface area contributed by atoms with Crippen LogP contribution in [0.15, 0.2) is 12.7 Å². The molecule has 0 aromatic rings. The molecular formula is C20H40NO2+. The Balaban J connectivity index is 5.45. The number of carbonyl (C=O) groups is 1. The zero-order valence-electron chi connectivity index (χ0n) is 17.5. The lowest BCUT2D eigenvalue weighted by atomic mass is 9.75. The molecule has 136 valence electrons. The number of hydrogen-bond acceptors (Lipinski definition) is 2. The average molecular weight is 327 g/mol. The maximum atomic E-state index is 11.6. The highest BCUT2D eigenvalue weighted by Gasteiger charge is 2.51. The lowest BCUT2D eigenvalue weighted by molar-refractivity contribution is -0.983. The summed E-state index contributed by atoms with van der Waals surface area (Å²) in [6.45, 7) is 23.5.